The summed E-state index contributed by atoms with van der Waals surface area (Å²) in [5.74, 6) is 0.177. The van der Waals surface area contributed by atoms with Crippen LogP contribution in [0.25, 0.3) is 0 Å². The molecule has 2 aliphatic rings. The number of aliphatic carboxylic acids is 1. The van der Waals surface area contributed by atoms with E-state index in [2.05, 4.69) is 21.3 Å². The predicted molar refractivity (Wildman–Crippen MR) is 111 cm³/mol. The molecule has 33 heavy (non-hydrogen) atoms. The minimum Gasteiger partial charge on any atom is -0.475 e. The van der Waals surface area contributed by atoms with Gasteiger partial charge in [0, 0.05) is 18.7 Å². The molecule has 2 saturated heterocycles. The highest BCUT2D eigenvalue weighted by Gasteiger charge is 2.41. The van der Waals surface area contributed by atoms with Gasteiger partial charge in [-0.15, -0.1) is 0 Å². The minimum absolute atomic E-state index is 0.00265. The van der Waals surface area contributed by atoms with Gasteiger partial charge in [0.05, 0.1) is 37.6 Å². The van der Waals surface area contributed by atoms with E-state index in [4.69, 9.17) is 19.1 Å². The van der Waals surface area contributed by atoms with E-state index < -0.39 is 12.1 Å². The molecule has 0 spiro atoms. The number of carbonyl (C=O) groups is 2. The number of carboxylic acids is 1. The number of ether oxygens (including phenoxy) is 1. The number of fused-ring (bicyclic) bond motifs is 1. The fourth-order valence-electron chi connectivity index (χ4n) is 4.14. The molecule has 0 bridgehead atoms. The van der Waals surface area contributed by atoms with Gasteiger partial charge in [0.25, 0.3) is 0 Å². The average molecular weight is 469 g/mol. The lowest BCUT2D eigenvalue weighted by molar-refractivity contribution is -0.192. The first-order valence-corrected chi connectivity index (χ1v) is 10.5. The van der Waals surface area contributed by atoms with E-state index in [0.717, 1.165) is 49.9 Å². The lowest BCUT2D eigenvalue weighted by Crippen LogP contribution is -2.41. The van der Waals surface area contributed by atoms with E-state index in [0.29, 0.717) is 18.3 Å². The quantitative estimate of drug-likeness (QED) is 0.691. The molecule has 2 aromatic rings. The number of pyridine rings is 1. The number of nitrogens with one attached hydrogen (secondary N) is 1. The van der Waals surface area contributed by atoms with Crippen LogP contribution in [-0.2, 0) is 20.9 Å². The second-order valence-electron chi connectivity index (χ2n) is 8.13. The van der Waals surface area contributed by atoms with Crippen molar-refractivity contribution in [3.63, 3.8) is 0 Å². The van der Waals surface area contributed by atoms with Crippen LogP contribution in [0, 0.1) is 18.8 Å². The number of hydrogen-bond donors (Lipinski definition) is 2. The molecule has 1 amide bonds. The Balaban J connectivity index is 0.000000383. The first kappa shape index (κ1) is 24.7. The molecule has 0 radical (unpaired) electrons. The second kappa shape index (κ2) is 10.8. The van der Waals surface area contributed by atoms with Crippen LogP contribution in [0.15, 0.2) is 41.1 Å². The highest BCUT2D eigenvalue weighted by atomic mass is 19.4. The summed E-state index contributed by atoms with van der Waals surface area (Å²) in [6, 6.07) is 7.72. The summed E-state index contributed by atoms with van der Waals surface area (Å²) in [5, 5.41) is 10.0. The highest BCUT2D eigenvalue weighted by Crippen LogP contribution is 2.36. The fourth-order valence-corrected chi connectivity index (χ4v) is 4.14. The van der Waals surface area contributed by atoms with Gasteiger partial charge in [0.15, 0.2) is 0 Å². The summed E-state index contributed by atoms with van der Waals surface area (Å²) in [4.78, 5) is 27.7. The van der Waals surface area contributed by atoms with Crippen LogP contribution >= 0.6 is 0 Å². The molecular formula is C22H26F3N3O5. The van der Waals surface area contributed by atoms with Gasteiger partial charge in [-0.05, 0) is 50.1 Å². The molecule has 2 N–H and O–H groups in total. The monoisotopic (exact) mass is 469 g/mol. The highest BCUT2D eigenvalue weighted by molar-refractivity contribution is 5.90. The first-order chi connectivity index (χ1) is 15.6. The lowest BCUT2D eigenvalue weighted by Gasteiger charge is -2.35. The lowest BCUT2D eigenvalue weighted by atomic mass is 9.83. The SMILES string of the molecule is Cc1ccc(CN2CC[C@@H]3[C@@H](CO[C@H]3CC(=O)Nc3cccnc3)C2)o1.O=C(O)C(F)(F)F. The molecule has 3 atom stereocenters. The number of rotatable bonds is 5. The number of carboxylic acid groups (broad SMARTS) is 1. The maximum absolute atomic E-state index is 12.3. The molecule has 0 aromatic carbocycles. The number of anilines is 1. The molecule has 0 aliphatic carbocycles. The number of carbonyl (C=O) groups excluding carboxylic acids is 1. The van der Waals surface area contributed by atoms with E-state index in [1.807, 2.05) is 25.1 Å². The molecule has 180 valence electrons. The maximum Gasteiger partial charge on any atom is 0.490 e. The van der Waals surface area contributed by atoms with Gasteiger partial charge < -0.3 is 19.6 Å². The third-order valence-electron chi connectivity index (χ3n) is 5.63. The van der Waals surface area contributed by atoms with Crippen molar-refractivity contribution in [2.75, 3.05) is 25.0 Å². The van der Waals surface area contributed by atoms with Gasteiger partial charge in [0.2, 0.25) is 5.91 Å². The first-order valence-electron chi connectivity index (χ1n) is 10.5. The molecule has 2 fully saturated rings. The third kappa shape index (κ3) is 7.29. The van der Waals surface area contributed by atoms with Gasteiger partial charge in [-0.1, -0.05) is 0 Å². The Morgan fingerprint density at radius 1 is 1.30 bits per heavy atom. The second-order valence-corrected chi connectivity index (χ2v) is 8.13. The number of likely N-dealkylation sites (tertiary alicyclic amines) is 1. The zero-order valence-corrected chi connectivity index (χ0v) is 18.0. The number of halogens is 3. The van der Waals surface area contributed by atoms with Crippen LogP contribution in [0.2, 0.25) is 0 Å². The van der Waals surface area contributed by atoms with Gasteiger partial charge in [-0.3, -0.25) is 14.7 Å². The summed E-state index contributed by atoms with van der Waals surface area (Å²) in [7, 11) is 0. The summed E-state index contributed by atoms with van der Waals surface area (Å²) >= 11 is 0. The number of furan rings is 1. The normalized spacial score (nSPS) is 22.7. The van der Waals surface area contributed by atoms with Gasteiger partial charge in [0.1, 0.15) is 11.5 Å². The summed E-state index contributed by atoms with van der Waals surface area (Å²) in [6.45, 7) is 5.59. The van der Waals surface area contributed by atoms with E-state index in [1.165, 1.54) is 0 Å². The molecular weight excluding hydrogens is 443 g/mol. The molecule has 0 saturated carbocycles. The van der Waals surface area contributed by atoms with Crippen molar-refractivity contribution < 1.29 is 37.0 Å². The summed E-state index contributed by atoms with van der Waals surface area (Å²) in [6.07, 6.45) is -0.240. The van der Waals surface area contributed by atoms with Crippen LogP contribution in [0.4, 0.5) is 18.9 Å². The maximum atomic E-state index is 12.3. The van der Waals surface area contributed by atoms with Crippen molar-refractivity contribution in [1.29, 1.82) is 0 Å². The minimum atomic E-state index is -5.08. The number of piperidine rings is 1. The smallest absolute Gasteiger partial charge is 0.475 e. The van der Waals surface area contributed by atoms with Crippen LogP contribution in [0.1, 0.15) is 24.4 Å². The fraction of sp³-hybridized carbons (Fsp3) is 0.500. The Hall–Kier alpha value is -2.92. The van der Waals surface area contributed by atoms with E-state index in [9.17, 15) is 18.0 Å². The van der Waals surface area contributed by atoms with Crippen molar-refractivity contribution >= 4 is 17.6 Å². The zero-order chi connectivity index (χ0) is 24.0. The largest absolute Gasteiger partial charge is 0.490 e. The van der Waals surface area contributed by atoms with Gasteiger partial charge in [-0.2, -0.15) is 13.2 Å². The van der Waals surface area contributed by atoms with Crippen LogP contribution in [0.3, 0.4) is 0 Å². The zero-order valence-electron chi connectivity index (χ0n) is 18.0. The average Bonchev–Trinajstić information content (AvgIpc) is 3.34. The molecule has 2 aliphatic heterocycles. The number of amides is 1. The Labute approximate surface area is 188 Å². The van der Waals surface area contributed by atoms with Crippen molar-refractivity contribution in [3.05, 3.63) is 48.2 Å². The Morgan fingerprint density at radius 2 is 2.06 bits per heavy atom. The van der Waals surface area contributed by atoms with E-state index in [1.54, 1.807) is 12.4 Å². The molecule has 11 heteroatoms. The predicted octanol–water partition coefficient (Wildman–Crippen LogP) is 3.48. The topological polar surface area (TPSA) is 105 Å². The van der Waals surface area contributed by atoms with Gasteiger partial charge >= 0.3 is 12.1 Å². The van der Waals surface area contributed by atoms with Crippen molar-refractivity contribution in [3.8, 4) is 0 Å². The number of aromatic nitrogens is 1. The standard InChI is InChI=1S/C20H25N3O3.C2HF3O2/c1-14-4-5-17(26-14)12-23-8-6-18-15(11-23)13-25-19(18)9-20(24)22-16-3-2-7-21-10-16;3-2(4,5)1(6)7/h2-5,7,10,15,18-19H,6,8-9,11-13H2,1H3,(H,22,24);(H,6,7)/t15-,18-,19+;/m1./s1. The van der Waals surface area contributed by atoms with Crippen LogP contribution in [0.5, 0.6) is 0 Å². The van der Waals surface area contributed by atoms with Crippen LogP contribution in [-0.4, -0.2) is 58.8 Å². The Bertz CT molecular complexity index is 935. The Kier molecular flexibility index (Phi) is 8.09. The summed E-state index contributed by atoms with van der Waals surface area (Å²) < 4.78 is 43.4. The molecule has 4 heterocycles. The molecule has 2 aromatic heterocycles. The van der Waals surface area contributed by atoms with Gasteiger partial charge in [-0.25, -0.2) is 4.79 Å². The Morgan fingerprint density at radius 3 is 2.67 bits per heavy atom. The molecule has 0 unspecified atom stereocenters. The number of hydrogen-bond acceptors (Lipinski definition) is 6. The number of aryl methyl sites for hydroxylation is 1. The molecule has 8 nitrogen and oxygen atoms in total. The van der Waals surface area contributed by atoms with Crippen molar-refractivity contribution in [1.82, 2.24) is 9.88 Å². The number of nitrogens with zero attached hydrogens (tertiary/aromatic N) is 2. The third-order valence-corrected chi connectivity index (χ3v) is 5.63. The van der Waals surface area contributed by atoms with Crippen molar-refractivity contribution in [2.45, 2.75) is 38.6 Å². The summed E-state index contributed by atoms with van der Waals surface area (Å²) in [5.41, 5.74) is 0.732. The number of alkyl halides is 3. The van der Waals surface area contributed by atoms with E-state index in [-0.39, 0.29) is 12.0 Å². The van der Waals surface area contributed by atoms with Crippen LogP contribution < -0.4 is 5.32 Å². The molecule has 4 rings (SSSR count). The van der Waals surface area contributed by atoms with E-state index >= 15 is 0 Å². The van der Waals surface area contributed by atoms with Crippen molar-refractivity contribution in [2.24, 2.45) is 11.8 Å².